The molecule has 22 heavy (non-hydrogen) atoms. The molecular formula is C18H19ClN2O. The van der Waals surface area contributed by atoms with Gasteiger partial charge in [0.1, 0.15) is 11.0 Å². The van der Waals surface area contributed by atoms with Crippen molar-refractivity contribution in [3.63, 3.8) is 0 Å². The van der Waals surface area contributed by atoms with E-state index < -0.39 is 0 Å². The predicted molar refractivity (Wildman–Crippen MR) is 88.7 cm³/mol. The van der Waals surface area contributed by atoms with Crippen LogP contribution in [0.4, 0.5) is 5.82 Å². The van der Waals surface area contributed by atoms with Crippen LogP contribution in [0.25, 0.3) is 0 Å². The molecule has 0 atom stereocenters. The Morgan fingerprint density at radius 3 is 2.41 bits per heavy atom. The molecular weight excluding hydrogens is 296 g/mol. The number of anilines is 1. The average molecular weight is 315 g/mol. The largest absolute Gasteiger partial charge is 0.378 e. The summed E-state index contributed by atoms with van der Waals surface area (Å²) in [4.78, 5) is 6.79. The zero-order chi connectivity index (χ0) is 15.0. The molecule has 1 saturated heterocycles. The number of hydrogen-bond donors (Lipinski definition) is 0. The molecule has 0 N–H and O–H groups in total. The maximum Gasteiger partial charge on any atom is 0.131 e. The highest BCUT2D eigenvalue weighted by Crippen LogP contribution is 2.54. The Morgan fingerprint density at radius 2 is 1.73 bits per heavy atom. The van der Waals surface area contributed by atoms with Crippen molar-refractivity contribution in [2.24, 2.45) is 0 Å². The smallest absolute Gasteiger partial charge is 0.131 e. The predicted octanol–water partition coefficient (Wildman–Crippen LogP) is 3.65. The van der Waals surface area contributed by atoms with Crippen LogP contribution in [-0.2, 0) is 10.2 Å². The minimum atomic E-state index is 0.134. The molecule has 2 fully saturated rings. The molecule has 1 aliphatic carbocycles. The first kappa shape index (κ1) is 14.0. The summed E-state index contributed by atoms with van der Waals surface area (Å²) in [6.07, 6.45) is 2.36. The molecule has 114 valence electrons. The average Bonchev–Trinajstić information content (AvgIpc) is 3.38. The molecule has 2 heterocycles. The molecule has 2 aromatic rings. The van der Waals surface area contributed by atoms with Crippen LogP contribution in [0.2, 0.25) is 5.15 Å². The van der Waals surface area contributed by atoms with Gasteiger partial charge < -0.3 is 9.64 Å². The van der Waals surface area contributed by atoms with Crippen LogP contribution in [0.1, 0.15) is 24.0 Å². The number of pyridine rings is 1. The molecule has 0 amide bonds. The molecule has 0 unspecified atom stereocenters. The molecule has 1 saturated carbocycles. The lowest BCUT2D eigenvalue weighted by Crippen LogP contribution is -2.36. The normalized spacial score (nSPS) is 20.0. The van der Waals surface area contributed by atoms with Gasteiger partial charge in [-0.15, -0.1) is 0 Å². The van der Waals surface area contributed by atoms with E-state index in [2.05, 4.69) is 46.3 Å². The second kappa shape index (κ2) is 5.56. The van der Waals surface area contributed by atoms with Crippen molar-refractivity contribution in [1.82, 2.24) is 4.98 Å². The van der Waals surface area contributed by atoms with E-state index in [-0.39, 0.29) is 5.41 Å². The third-order valence-corrected chi connectivity index (χ3v) is 4.94. The van der Waals surface area contributed by atoms with Gasteiger partial charge in [0, 0.05) is 18.5 Å². The minimum Gasteiger partial charge on any atom is -0.378 e. The minimum absolute atomic E-state index is 0.134. The molecule has 4 heteroatoms. The van der Waals surface area contributed by atoms with E-state index in [1.165, 1.54) is 24.0 Å². The summed E-state index contributed by atoms with van der Waals surface area (Å²) in [6.45, 7) is 3.27. The Labute approximate surface area is 135 Å². The number of morpholine rings is 1. The summed E-state index contributed by atoms with van der Waals surface area (Å²) in [5.41, 5.74) is 2.81. The monoisotopic (exact) mass is 314 g/mol. The first-order valence-corrected chi connectivity index (χ1v) is 8.22. The Hall–Kier alpha value is -1.58. The topological polar surface area (TPSA) is 25.4 Å². The number of rotatable bonds is 3. The van der Waals surface area contributed by atoms with E-state index in [9.17, 15) is 0 Å². The lowest BCUT2D eigenvalue weighted by Gasteiger charge is -2.29. The SMILES string of the molecule is Clc1cc(C2(c3ccccc3)CC2)cc(N2CCOCC2)n1. The van der Waals surface area contributed by atoms with Gasteiger partial charge in [0.2, 0.25) is 0 Å². The van der Waals surface area contributed by atoms with Crippen molar-refractivity contribution in [2.75, 3.05) is 31.2 Å². The van der Waals surface area contributed by atoms with Gasteiger partial charge in [0.15, 0.2) is 0 Å². The number of hydrogen-bond acceptors (Lipinski definition) is 3. The summed E-state index contributed by atoms with van der Waals surface area (Å²) in [6, 6.07) is 15.0. The van der Waals surface area contributed by atoms with Gasteiger partial charge in [-0.05, 0) is 36.1 Å². The molecule has 1 aliphatic heterocycles. The summed E-state index contributed by atoms with van der Waals surface area (Å²) in [5.74, 6) is 0.980. The Morgan fingerprint density at radius 1 is 1.00 bits per heavy atom. The Balaban J connectivity index is 1.72. The van der Waals surface area contributed by atoms with Crippen LogP contribution in [-0.4, -0.2) is 31.3 Å². The van der Waals surface area contributed by atoms with Gasteiger partial charge in [0.25, 0.3) is 0 Å². The van der Waals surface area contributed by atoms with Crippen molar-refractivity contribution >= 4 is 17.4 Å². The summed E-state index contributed by atoms with van der Waals surface area (Å²) < 4.78 is 5.43. The molecule has 0 bridgehead atoms. The second-order valence-corrected chi connectivity index (χ2v) is 6.47. The highest BCUT2D eigenvalue weighted by Gasteiger charge is 2.46. The Kier molecular flexibility index (Phi) is 3.55. The quantitative estimate of drug-likeness (QED) is 0.809. The summed E-state index contributed by atoms with van der Waals surface area (Å²) in [5, 5.41) is 0.584. The van der Waals surface area contributed by atoms with E-state index in [1.807, 2.05) is 6.07 Å². The number of aromatic nitrogens is 1. The van der Waals surface area contributed by atoms with Gasteiger partial charge in [-0.1, -0.05) is 41.9 Å². The zero-order valence-electron chi connectivity index (χ0n) is 12.5. The van der Waals surface area contributed by atoms with Crippen LogP contribution in [0, 0.1) is 0 Å². The van der Waals surface area contributed by atoms with Crippen LogP contribution in [0.15, 0.2) is 42.5 Å². The van der Waals surface area contributed by atoms with Crippen LogP contribution in [0.3, 0.4) is 0 Å². The Bertz CT molecular complexity index is 664. The first-order valence-electron chi connectivity index (χ1n) is 7.84. The molecule has 2 aliphatic rings. The van der Waals surface area contributed by atoms with Crippen LogP contribution >= 0.6 is 11.6 Å². The van der Waals surface area contributed by atoms with Gasteiger partial charge in [-0.3, -0.25) is 0 Å². The number of ether oxygens (including phenoxy) is 1. The van der Waals surface area contributed by atoms with Gasteiger partial charge in [0.05, 0.1) is 13.2 Å². The van der Waals surface area contributed by atoms with Gasteiger partial charge in [-0.25, -0.2) is 4.98 Å². The standard InChI is InChI=1S/C18H19ClN2O/c19-16-12-15(13-17(20-16)21-8-10-22-11-9-21)18(6-7-18)14-4-2-1-3-5-14/h1-5,12-13H,6-11H2. The molecule has 4 rings (SSSR count). The van der Waals surface area contributed by atoms with Gasteiger partial charge in [-0.2, -0.15) is 0 Å². The van der Waals surface area contributed by atoms with Crippen molar-refractivity contribution < 1.29 is 4.74 Å². The van der Waals surface area contributed by atoms with Crippen molar-refractivity contribution in [3.8, 4) is 0 Å². The lowest BCUT2D eigenvalue weighted by molar-refractivity contribution is 0.122. The first-order chi connectivity index (χ1) is 10.8. The van der Waals surface area contributed by atoms with Crippen molar-refractivity contribution in [3.05, 3.63) is 58.7 Å². The molecule has 1 aromatic heterocycles. The fraction of sp³-hybridized carbons (Fsp3) is 0.389. The molecule has 0 spiro atoms. The van der Waals surface area contributed by atoms with E-state index >= 15 is 0 Å². The lowest BCUT2D eigenvalue weighted by atomic mass is 9.88. The fourth-order valence-electron chi connectivity index (χ4n) is 3.34. The fourth-order valence-corrected chi connectivity index (χ4v) is 3.54. The number of nitrogens with zero attached hydrogens (tertiary/aromatic N) is 2. The van der Waals surface area contributed by atoms with E-state index in [0.29, 0.717) is 5.15 Å². The highest BCUT2D eigenvalue weighted by atomic mass is 35.5. The molecule has 0 radical (unpaired) electrons. The maximum atomic E-state index is 6.32. The molecule has 1 aromatic carbocycles. The van der Waals surface area contributed by atoms with E-state index in [4.69, 9.17) is 16.3 Å². The second-order valence-electron chi connectivity index (χ2n) is 6.08. The highest BCUT2D eigenvalue weighted by molar-refractivity contribution is 6.29. The van der Waals surface area contributed by atoms with Crippen LogP contribution < -0.4 is 4.90 Å². The third kappa shape index (κ3) is 2.49. The van der Waals surface area contributed by atoms with E-state index in [1.54, 1.807) is 0 Å². The van der Waals surface area contributed by atoms with Gasteiger partial charge >= 0.3 is 0 Å². The van der Waals surface area contributed by atoms with Crippen molar-refractivity contribution in [1.29, 1.82) is 0 Å². The summed E-state index contributed by atoms with van der Waals surface area (Å²) in [7, 11) is 0. The van der Waals surface area contributed by atoms with Crippen molar-refractivity contribution in [2.45, 2.75) is 18.3 Å². The third-order valence-electron chi connectivity index (χ3n) is 4.74. The molecule has 3 nitrogen and oxygen atoms in total. The number of halogens is 1. The number of benzene rings is 1. The maximum absolute atomic E-state index is 6.32. The van der Waals surface area contributed by atoms with E-state index in [0.717, 1.165) is 32.1 Å². The van der Waals surface area contributed by atoms with Crippen LogP contribution in [0.5, 0.6) is 0 Å². The zero-order valence-corrected chi connectivity index (χ0v) is 13.2. The summed E-state index contributed by atoms with van der Waals surface area (Å²) >= 11 is 6.32.